The molecule has 2 aliphatic heterocycles. The van der Waals surface area contributed by atoms with Crippen LogP contribution in [0, 0.1) is 35.0 Å². The summed E-state index contributed by atoms with van der Waals surface area (Å²) in [7, 11) is 0. The van der Waals surface area contributed by atoms with E-state index in [0.29, 0.717) is 13.0 Å². The number of fused-ring (bicyclic) bond motifs is 1. The van der Waals surface area contributed by atoms with E-state index in [0.717, 1.165) is 0 Å². The van der Waals surface area contributed by atoms with Crippen LogP contribution in [0.1, 0.15) is 24.5 Å². The Balaban J connectivity index is 2.02. The standard InChI is InChI=1S/C12H9F5O2/c13-7-6(8(14)10(16)11(17)9(7)15)5-3-4-1-2-18-12(4)19-5/h4-5,12H,1-3H2/t4-,5+,12+/m0/s1. The van der Waals surface area contributed by atoms with Crippen LogP contribution in [-0.2, 0) is 9.47 Å². The zero-order valence-corrected chi connectivity index (χ0v) is 9.56. The third-order valence-corrected chi connectivity index (χ3v) is 3.54. The molecule has 0 saturated carbocycles. The van der Waals surface area contributed by atoms with E-state index in [1.165, 1.54) is 0 Å². The smallest absolute Gasteiger partial charge is 0.200 e. The predicted molar refractivity (Wildman–Crippen MR) is 52.5 cm³/mol. The number of rotatable bonds is 1. The molecule has 0 radical (unpaired) electrons. The lowest BCUT2D eigenvalue weighted by Crippen LogP contribution is -2.13. The summed E-state index contributed by atoms with van der Waals surface area (Å²) in [4.78, 5) is 0. The summed E-state index contributed by atoms with van der Waals surface area (Å²) >= 11 is 0. The second-order valence-electron chi connectivity index (χ2n) is 4.63. The number of hydrogen-bond donors (Lipinski definition) is 0. The fraction of sp³-hybridized carbons (Fsp3) is 0.500. The van der Waals surface area contributed by atoms with Crippen molar-refractivity contribution < 1.29 is 31.4 Å². The Morgan fingerprint density at radius 2 is 1.42 bits per heavy atom. The van der Waals surface area contributed by atoms with Gasteiger partial charge in [0.1, 0.15) is 0 Å². The highest BCUT2D eigenvalue weighted by Gasteiger charge is 2.43. The normalized spacial score (nSPS) is 29.8. The average molecular weight is 280 g/mol. The van der Waals surface area contributed by atoms with Gasteiger partial charge in [-0.25, -0.2) is 22.0 Å². The number of hydrogen-bond acceptors (Lipinski definition) is 2. The minimum atomic E-state index is -2.16. The van der Waals surface area contributed by atoms with E-state index in [1.807, 2.05) is 0 Å². The van der Waals surface area contributed by atoms with Gasteiger partial charge in [0.25, 0.3) is 0 Å². The van der Waals surface area contributed by atoms with E-state index in [1.54, 1.807) is 0 Å². The summed E-state index contributed by atoms with van der Waals surface area (Å²) in [6, 6.07) is 0. The predicted octanol–water partition coefficient (Wildman–Crippen LogP) is 3.21. The molecule has 2 aliphatic rings. The maximum absolute atomic E-state index is 13.6. The monoisotopic (exact) mass is 280 g/mol. The van der Waals surface area contributed by atoms with Crippen LogP contribution in [-0.4, -0.2) is 12.9 Å². The van der Waals surface area contributed by atoms with Crippen LogP contribution >= 0.6 is 0 Å². The van der Waals surface area contributed by atoms with Crippen molar-refractivity contribution in [2.24, 2.45) is 5.92 Å². The molecule has 3 rings (SSSR count). The van der Waals surface area contributed by atoms with E-state index in [9.17, 15) is 22.0 Å². The molecule has 2 fully saturated rings. The third kappa shape index (κ3) is 1.83. The Labute approximate surface area is 105 Å². The number of halogens is 5. The maximum atomic E-state index is 13.6. The van der Waals surface area contributed by atoms with Crippen molar-refractivity contribution in [3.05, 3.63) is 34.6 Å². The van der Waals surface area contributed by atoms with Crippen molar-refractivity contribution in [3.8, 4) is 0 Å². The van der Waals surface area contributed by atoms with Crippen molar-refractivity contribution in [2.75, 3.05) is 6.61 Å². The van der Waals surface area contributed by atoms with E-state index >= 15 is 0 Å². The van der Waals surface area contributed by atoms with Crippen LogP contribution in [0.2, 0.25) is 0 Å². The van der Waals surface area contributed by atoms with E-state index in [-0.39, 0.29) is 12.3 Å². The van der Waals surface area contributed by atoms with Gasteiger partial charge < -0.3 is 9.47 Å². The van der Waals surface area contributed by atoms with Gasteiger partial charge in [-0.3, -0.25) is 0 Å². The van der Waals surface area contributed by atoms with Crippen LogP contribution in [0.15, 0.2) is 0 Å². The van der Waals surface area contributed by atoms with Gasteiger partial charge in [0, 0.05) is 5.92 Å². The van der Waals surface area contributed by atoms with Gasteiger partial charge in [0.2, 0.25) is 5.82 Å². The molecule has 0 amide bonds. The molecular formula is C12H9F5O2. The highest BCUT2D eigenvalue weighted by Crippen LogP contribution is 2.44. The van der Waals surface area contributed by atoms with Crippen molar-refractivity contribution in [1.29, 1.82) is 0 Å². The van der Waals surface area contributed by atoms with Gasteiger partial charge in [-0.2, -0.15) is 0 Å². The fourth-order valence-corrected chi connectivity index (χ4v) is 2.57. The summed E-state index contributed by atoms with van der Waals surface area (Å²) in [6.07, 6.45) is -0.959. The first-order valence-electron chi connectivity index (χ1n) is 5.79. The molecule has 0 bridgehead atoms. The molecule has 7 heteroatoms. The van der Waals surface area contributed by atoms with Crippen LogP contribution in [0.3, 0.4) is 0 Å². The van der Waals surface area contributed by atoms with Gasteiger partial charge >= 0.3 is 0 Å². The molecule has 2 heterocycles. The molecule has 2 nitrogen and oxygen atoms in total. The molecule has 0 N–H and O–H groups in total. The molecule has 3 atom stereocenters. The maximum Gasteiger partial charge on any atom is 0.200 e. The minimum absolute atomic E-state index is 0.0695. The highest BCUT2D eigenvalue weighted by molar-refractivity contribution is 5.27. The molecule has 19 heavy (non-hydrogen) atoms. The summed E-state index contributed by atoms with van der Waals surface area (Å²) < 4.78 is 76.7. The minimum Gasteiger partial charge on any atom is -0.352 e. The Hall–Kier alpha value is -1.21. The number of benzene rings is 1. The Kier molecular flexibility index (Phi) is 2.98. The van der Waals surface area contributed by atoms with Gasteiger partial charge in [0.05, 0.1) is 18.3 Å². The Morgan fingerprint density at radius 3 is 2.00 bits per heavy atom. The molecule has 104 valence electrons. The molecule has 1 aromatic rings. The molecule has 0 aromatic heterocycles. The first kappa shape index (κ1) is 12.8. The largest absolute Gasteiger partial charge is 0.352 e. The highest BCUT2D eigenvalue weighted by atomic mass is 19.2. The second-order valence-corrected chi connectivity index (χ2v) is 4.63. The first-order chi connectivity index (χ1) is 9.00. The van der Waals surface area contributed by atoms with E-state index in [2.05, 4.69) is 0 Å². The first-order valence-corrected chi connectivity index (χ1v) is 5.79. The third-order valence-electron chi connectivity index (χ3n) is 3.54. The van der Waals surface area contributed by atoms with E-state index < -0.39 is 47.0 Å². The quantitative estimate of drug-likeness (QED) is 0.447. The Morgan fingerprint density at radius 1 is 0.842 bits per heavy atom. The van der Waals surface area contributed by atoms with Crippen molar-refractivity contribution >= 4 is 0 Å². The van der Waals surface area contributed by atoms with Gasteiger partial charge in [-0.05, 0) is 12.8 Å². The van der Waals surface area contributed by atoms with Crippen LogP contribution in [0.5, 0.6) is 0 Å². The van der Waals surface area contributed by atoms with Crippen molar-refractivity contribution in [2.45, 2.75) is 25.2 Å². The zero-order valence-electron chi connectivity index (χ0n) is 9.56. The lowest BCUT2D eigenvalue weighted by Gasteiger charge is -2.15. The molecule has 1 aromatic carbocycles. The molecular weight excluding hydrogens is 271 g/mol. The van der Waals surface area contributed by atoms with Gasteiger partial charge in [-0.15, -0.1) is 0 Å². The Bertz CT molecular complexity index is 492. The molecule has 2 saturated heterocycles. The average Bonchev–Trinajstić information content (AvgIpc) is 2.95. The molecule has 0 spiro atoms. The number of ether oxygens (including phenoxy) is 2. The topological polar surface area (TPSA) is 18.5 Å². The van der Waals surface area contributed by atoms with Crippen LogP contribution in [0.4, 0.5) is 22.0 Å². The summed E-state index contributed by atoms with van der Waals surface area (Å²) in [5, 5.41) is 0. The van der Waals surface area contributed by atoms with Crippen molar-refractivity contribution in [3.63, 3.8) is 0 Å². The fourth-order valence-electron chi connectivity index (χ4n) is 2.57. The summed E-state index contributed by atoms with van der Waals surface area (Å²) in [5.74, 6) is -9.79. The van der Waals surface area contributed by atoms with Crippen molar-refractivity contribution in [1.82, 2.24) is 0 Å². The summed E-state index contributed by atoms with van der Waals surface area (Å²) in [6.45, 7) is 0.471. The van der Waals surface area contributed by atoms with E-state index in [4.69, 9.17) is 9.47 Å². The molecule has 0 unspecified atom stereocenters. The van der Waals surface area contributed by atoms with Crippen LogP contribution < -0.4 is 0 Å². The molecule has 0 aliphatic carbocycles. The SMILES string of the molecule is Fc1c(F)c(F)c([C@H]2C[C@@H]3CCO[C@@H]3O2)c(F)c1F. The second kappa shape index (κ2) is 4.42. The van der Waals surface area contributed by atoms with Gasteiger partial charge in [-0.1, -0.05) is 0 Å². The van der Waals surface area contributed by atoms with Crippen LogP contribution in [0.25, 0.3) is 0 Å². The van der Waals surface area contributed by atoms with Gasteiger partial charge in [0.15, 0.2) is 29.6 Å². The lowest BCUT2D eigenvalue weighted by molar-refractivity contribution is -0.119. The lowest BCUT2D eigenvalue weighted by atomic mass is 9.97. The zero-order chi connectivity index (χ0) is 13.7. The summed E-state index contributed by atoms with van der Waals surface area (Å²) in [5.41, 5.74) is -0.908.